The summed E-state index contributed by atoms with van der Waals surface area (Å²) in [4.78, 5) is 10.7. The summed E-state index contributed by atoms with van der Waals surface area (Å²) < 4.78 is 0. The lowest BCUT2D eigenvalue weighted by molar-refractivity contribution is -0.109. The Kier molecular flexibility index (Phi) is 2.41. The first-order valence-electron chi connectivity index (χ1n) is 4.65. The first-order valence-corrected chi connectivity index (χ1v) is 4.65. The zero-order valence-electron chi connectivity index (χ0n) is 7.44. The summed E-state index contributed by atoms with van der Waals surface area (Å²) in [5.41, 5.74) is 1.27. The Morgan fingerprint density at radius 2 is 2.08 bits per heavy atom. The summed E-state index contributed by atoms with van der Waals surface area (Å²) in [5, 5.41) is 3.19. The Hall–Kier alpha value is -1.15. The van der Waals surface area contributed by atoms with E-state index in [2.05, 4.69) is 17.4 Å². The predicted molar refractivity (Wildman–Crippen MR) is 51.7 cm³/mol. The van der Waals surface area contributed by atoms with Gasteiger partial charge in [-0.25, -0.2) is 0 Å². The van der Waals surface area contributed by atoms with Crippen LogP contribution in [0.5, 0.6) is 0 Å². The number of aldehydes is 1. The normalized spacial score (nSPS) is 27.4. The number of hydrogen-bond acceptors (Lipinski definition) is 2. The molecule has 2 atom stereocenters. The Bertz CT molecular complexity index is 283. The third kappa shape index (κ3) is 1.63. The second kappa shape index (κ2) is 3.71. The summed E-state index contributed by atoms with van der Waals surface area (Å²) in [6.07, 6.45) is 2.08. The van der Waals surface area contributed by atoms with Crippen molar-refractivity contribution in [1.29, 1.82) is 0 Å². The van der Waals surface area contributed by atoms with Gasteiger partial charge in [-0.05, 0) is 18.5 Å². The largest absolute Gasteiger partial charge is 0.307 e. The molecule has 0 spiro atoms. The summed E-state index contributed by atoms with van der Waals surface area (Å²) in [5.74, 6) is 0.374. The maximum absolute atomic E-state index is 10.7. The Morgan fingerprint density at radius 3 is 2.77 bits per heavy atom. The summed E-state index contributed by atoms with van der Waals surface area (Å²) in [6, 6.07) is 10.2. The van der Waals surface area contributed by atoms with Gasteiger partial charge in [0.2, 0.25) is 0 Å². The zero-order chi connectivity index (χ0) is 9.10. The lowest BCUT2D eigenvalue weighted by Crippen LogP contribution is -2.27. The second-order valence-corrected chi connectivity index (χ2v) is 3.42. The van der Waals surface area contributed by atoms with Gasteiger partial charge in [-0.15, -0.1) is 0 Å². The van der Waals surface area contributed by atoms with Crippen molar-refractivity contribution in [2.75, 3.05) is 6.54 Å². The Labute approximate surface area is 78.0 Å². The van der Waals surface area contributed by atoms with E-state index in [-0.39, 0.29) is 6.04 Å². The van der Waals surface area contributed by atoms with Crippen molar-refractivity contribution < 1.29 is 4.79 Å². The van der Waals surface area contributed by atoms with Gasteiger partial charge in [-0.1, -0.05) is 30.3 Å². The van der Waals surface area contributed by atoms with Crippen LogP contribution in [0.2, 0.25) is 0 Å². The van der Waals surface area contributed by atoms with Crippen molar-refractivity contribution >= 4 is 6.29 Å². The molecule has 2 rings (SSSR count). The van der Waals surface area contributed by atoms with Gasteiger partial charge in [0.05, 0.1) is 6.04 Å². The molecule has 1 aliphatic heterocycles. The van der Waals surface area contributed by atoms with Crippen LogP contribution in [0.1, 0.15) is 17.9 Å². The monoisotopic (exact) mass is 175 g/mol. The van der Waals surface area contributed by atoms with Gasteiger partial charge in [0.25, 0.3) is 0 Å². The summed E-state index contributed by atoms with van der Waals surface area (Å²) >= 11 is 0. The Balaban J connectivity index is 2.21. The van der Waals surface area contributed by atoms with E-state index < -0.39 is 0 Å². The van der Waals surface area contributed by atoms with Crippen LogP contribution in [-0.4, -0.2) is 18.9 Å². The van der Waals surface area contributed by atoms with E-state index in [9.17, 15) is 4.79 Å². The van der Waals surface area contributed by atoms with Crippen LogP contribution in [0.3, 0.4) is 0 Å². The molecule has 68 valence electrons. The van der Waals surface area contributed by atoms with E-state index >= 15 is 0 Å². The molecule has 1 aliphatic rings. The van der Waals surface area contributed by atoms with Gasteiger partial charge in [0, 0.05) is 5.92 Å². The SMILES string of the molecule is O=C[C@@H]1NCC[C@H]1c1ccccc1. The van der Waals surface area contributed by atoms with Crippen LogP contribution >= 0.6 is 0 Å². The number of carbonyl (C=O) groups excluding carboxylic acids is 1. The molecule has 1 N–H and O–H groups in total. The van der Waals surface area contributed by atoms with Gasteiger partial charge in [0.15, 0.2) is 0 Å². The predicted octanol–water partition coefficient (Wildman–Crippen LogP) is 1.33. The van der Waals surface area contributed by atoms with Crippen molar-refractivity contribution in [3.63, 3.8) is 0 Å². The average Bonchev–Trinajstić information content (AvgIpc) is 2.67. The molecule has 1 aromatic rings. The number of nitrogens with one attached hydrogen (secondary N) is 1. The standard InChI is InChI=1S/C11H13NO/c13-8-11-10(6-7-12-11)9-4-2-1-3-5-9/h1-5,8,10-12H,6-7H2/t10-,11-/m0/s1. The number of carbonyl (C=O) groups is 1. The van der Waals surface area contributed by atoms with Gasteiger partial charge < -0.3 is 10.1 Å². The molecule has 13 heavy (non-hydrogen) atoms. The van der Waals surface area contributed by atoms with Crippen LogP contribution < -0.4 is 5.32 Å². The van der Waals surface area contributed by atoms with Crippen LogP contribution in [-0.2, 0) is 4.79 Å². The highest BCUT2D eigenvalue weighted by Gasteiger charge is 2.27. The minimum absolute atomic E-state index is 0.0161. The molecule has 0 bridgehead atoms. The third-order valence-electron chi connectivity index (χ3n) is 2.64. The van der Waals surface area contributed by atoms with Gasteiger partial charge >= 0.3 is 0 Å². The van der Waals surface area contributed by atoms with E-state index in [1.54, 1.807) is 0 Å². The molecule has 0 amide bonds. The first-order chi connectivity index (χ1) is 6.42. The maximum Gasteiger partial charge on any atom is 0.137 e. The quantitative estimate of drug-likeness (QED) is 0.687. The molecule has 1 heterocycles. The molecule has 1 fully saturated rings. The number of hydrogen-bond donors (Lipinski definition) is 1. The molecular formula is C11H13NO. The molecule has 0 aromatic heterocycles. The fourth-order valence-corrected chi connectivity index (χ4v) is 1.94. The van der Waals surface area contributed by atoms with Crippen LogP contribution in [0.25, 0.3) is 0 Å². The van der Waals surface area contributed by atoms with Crippen molar-refractivity contribution in [1.82, 2.24) is 5.32 Å². The summed E-state index contributed by atoms with van der Waals surface area (Å²) in [7, 11) is 0. The van der Waals surface area contributed by atoms with Crippen molar-refractivity contribution in [3.8, 4) is 0 Å². The van der Waals surface area contributed by atoms with Crippen molar-refractivity contribution in [2.45, 2.75) is 18.4 Å². The van der Waals surface area contributed by atoms with Gasteiger partial charge in [-0.3, -0.25) is 0 Å². The van der Waals surface area contributed by atoms with Crippen LogP contribution in [0.4, 0.5) is 0 Å². The van der Waals surface area contributed by atoms with Crippen molar-refractivity contribution in [2.24, 2.45) is 0 Å². The van der Waals surface area contributed by atoms with Crippen LogP contribution in [0.15, 0.2) is 30.3 Å². The smallest absolute Gasteiger partial charge is 0.137 e. The lowest BCUT2D eigenvalue weighted by atomic mass is 9.93. The molecule has 2 heteroatoms. The van der Waals surface area contributed by atoms with Crippen LogP contribution in [0, 0.1) is 0 Å². The number of benzene rings is 1. The Morgan fingerprint density at radius 1 is 1.31 bits per heavy atom. The van der Waals surface area contributed by atoms with Crippen molar-refractivity contribution in [3.05, 3.63) is 35.9 Å². The molecule has 1 saturated heterocycles. The maximum atomic E-state index is 10.7. The molecule has 0 radical (unpaired) electrons. The third-order valence-corrected chi connectivity index (χ3v) is 2.64. The van der Waals surface area contributed by atoms with Gasteiger partial charge in [0.1, 0.15) is 6.29 Å². The zero-order valence-corrected chi connectivity index (χ0v) is 7.44. The minimum atomic E-state index is 0.0161. The van der Waals surface area contributed by atoms with E-state index in [1.807, 2.05) is 18.2 Å². The highest BCUT2D eigenvalue weighted by molar-refractivity contribution is 5.61. The van der Waals surface area contributed by atoms with E-state index in [0.29, 0.717) is 5.92 Å². The fraction of sp³-hybridized carbons (Fsp3) is 0.364. The lowest BCUT2D eigenvalue weighted by Gasteiger charge is -2.13. The fourth-order valence-electron chi connectivity index (χ4n) is 1.94. The minimum Gasteiger partial charge on any atom is -0.307 e. The van der Waals surface area contributed by atoms with E-state index in [4.69, 9.17) is 0 Å². The average molecular weight is 175 g/mol. The number of rotatable bonds is 2. The van der Waals surface area contributed by atoms with E-state index in [0.717, 1.165) is 19.3 Å². The molecule has 0 saturated carbocycles. The van der Waals surface area contributed by atoms with Gasteiger partial charge in [-0.2, -0.15) is 0 Å². The molecular weight excluding hydrogens is 162 g/mol. The molecule has 1 aromatic carbocycles. The molecule has 0 unspecified atom stereocenters. The second-order valence-electron chi connectivity index (χ2n) is 3.42. The first kappa shape index (κ1) is 8.45. The van der Waals surface area contributed by atoms with E-state index in [1.165, 1.54) is 5.56 Å². The highest BCUT2D eigenvalue weighted by atomic mass is 16.1. The topological polar surface area (TPSA) is 29.1 Å². The molecule has 2 nitrogen and oxygen atoms in total. The summed E-state index contributed by atoms with van der Waals surface area (Å²) in [6.45, 7) is 0.947. The molecule has 0 aliphatic carbocycles. The highest BCUT2D eigenvalue weighted by Crippen LogP contribution is 2.26.